The Labute approximate surface area is 152 Å². The number of amides is 1. The topological polar surface area (TPSA) is 51.0 Å². The first-order chi connectivity index (χ1) is 12.7. The summed E-state index contributed by atoms with van der Waals surface area (Å²) in [6.45, 7) is 0.841. The molecule has 1 aromatic carbocycles. The van der Waals surface area contributed by atoms with Crippen molar-refractivity contribution in [3.8, 4) is 0 Å². The van der Waals surface area contributed by atoms with E-state index in [1.807, 2.05) is 23.7 Å². The van der Waals surface area contributed by atoms with Gasteiger partial charge in [-0.05, 0) is 24.5 Å². The smallest absolute Gasteiger partial charge is 0.256 e. The Morgan fingerprint density at radius 1 is 1.19 bits per heavy atom. The van der Waals surface area contributed by atoms with Crippen LogP contribution in [0.15, 0.2) is 48.9 Å². The molecule has 5 rings (SSSR count). The maximum atomic E-state index is 13.4. The van der Waals surface area contributed by atoms with Crippen LogP contribution in [-0.4, -0.2) is 31.9 Å². The first-order valence-electron chi connectivity index (χ1n) is 9.35. The zero-order valence-electron chi connectivity index (χ0n) is 14.9. The normalized spacial score (nSPS) is 25.0. The van der Waals surface area contributed by atoms with Crippen LogP contribution in [0.2, 0.25) is 0 Å². The Balaban J connectivity index is 1.54. The molecule has 132 valence electrons. The molecular formula is C21H22N4O. The second-order valence-electron chi connectivity index (χ2n) is 7.57. The number of rotatable bonds is 2. The lowest BCUT2D eigenvalue weighted by Crippen LogP contribution is -2.67. The van der Waals surface area contributed by atoms with Crippen molar-refractivity contribution >= 4 is 17.1 Å². The zero-order valence-corrected chi connectivity index (χ0v) is 14.9. The predicted molar refractivity (Wildman–Crippen MR) is 99.6 cm³/mol. The molecule has 26 heavy (non-hydrogen) atoms. The SMILES string of the molecule is Cn1cnc2cc(C(=O)N3C[C@@H]4CCCC[C@@]43c3ccccc3)cnc21. The third kappa shape index (κ3) is 2.06. The summed E-state index contributed by atoms with van der Waals surface area (Å²) in [5.74, 6) is 0.640. The van der Waals surface area contributed by atoms with Crippen molar-refractivity contribution in [3.63, 3.8) is 0 Å². The summed E-state index contributed by atoms with van der Waals surface area (Å²) in [5, 5.41) is 0. The van der Waals surface area contributed by atoms with E-state index >= 15 is 0 Å². The van der Waals surface area contributed by atoms with Crippen LogP contribution < -0.4 is 0 Å². The van der Waals surface area contributed by atoms with Crippen molar-refractivity contribution in [1.82, 2.24) is 19.4 Å². The summed E-state index contributed by atoms with van der Waals surface area (Å²) in [4.78, 5) is 24.2. The number of likely N-dealkylation sites (tertiary alicyclic amines) is 1. The van der Waals surface area contributed by atoms with Gasteiger partial charge < -0.3 is 9.47 Å². The summed E-state index contributed by atoms with van der Waals surface area (Å²) < 4.78 is 1.87. The van der Waals surface area contributed by atoms with Gasteiger partial charge in [0, 0.05) is 25.7 Å². The number of aryl methyl sites for hydroxylation is 1. The average Bonchev–Trinajstić information content (AvgIpc) is 3.04. The van der Waals surface area contributed by atoms with E-state index in [2.05, 4.69) is 39.1 Å². The maximum Gasteiger partial charge on any atom is 0.256 e. The zero-order chi connectivity index (χ0) is 17.7. The molecule has 0 N–H and O–H groups in total. The molecule has 1 aliphatic carbocycles. The van der Waals surface area contributed by atoms with Crippen molar-refractivity contribution in [2.24, 2.45) is 13.0 Å². The van der Waals surface area contributed by atoms with E-state index in [-0.39, 0.29) is 11.4 Å². The average molecular weight is 346 g/mol. The van der Waals surface area contributed by atoms with E-state index in [4.69, 9.17) is 0 Å². The third-order valence-electron chi connectivity index (χ3n) is 6.24. The number of benzene rings is 1. The van der Waals surface area contributed by atoms with E-state index in [0.717, 1.165) is 24.1 Å². The Hall–Kier alpha value is -2.69. The van der Waals surface area contributed by atoms with Crippen molar-refractivity contribution in [2.75, 3.05) is 6.54 Å². The number of carbonyl (C=O) groups is 1. The Bertz CT molecular complexity index is 980. The van der Waals surface area contributed by atoms with Gasteiger partial charge in [-0.2, -0.15) is 0 Å². The molecule has 3 aromatic rings. The van der Waals surface area contributed by atoms with Crippen molar-refractivity contribution in [2.45, 2.75) is 31.2 Å². The molecule has 5 nitrogen and oxygen atoms in total. The second kappa shape index (κ2) is 5.66. The molecule has 2 aliphatic rings. The second-order valence-corrected chi connectivity index (χ2v) is 7.57. The molecular weight excluding hydrogens is 324 g/mol. The first-order valence-corrected chi connectivity index (χ1v) is 9.35. The summed E-state index contributed by atoms with van der Waals surface area (Å²) in [6, 6.07) is 12.4. The van der Waals surface area contributed by atoms with Gasteiger partial charge in [-0.25, -0.2) is 9.97 Å². The number of imidazole rings is 1. The molecule has 2 aromatic heterocycles. The van der Waals surface area contributed by atoms with Gasteiger partial charge in [0.15, 0.2) is 5.65 Å². The minimum absolute atomic E-state index is 0.0760. The molecule has 1 amide bonds. The predicted octanol–water partition coefficient (Wildman–Crippen LogP) is 3.51. The number of fused-ring (bicyclic) bond motifs is 2. The molecule has 3 heterocycles. The number of nitrogens with zero attached hydrogens (tertiary/aromatic N) is 4. The fourth-order valence-corrected chi connectivity index (χ4v) is 4.91. The minimum atomic E-state index is -0.143. The molecule has 0 spiro atoms. The van der Waals surface area contributed by atoms with E-state index in [1.54, 1.807) is 12.5 Å². The Morgan fingerprint density at radius 2 is 2.04 bits per heavy atom. The van der Waals surface area contributed by atoms with E-state index < -0.39 is 0 Å². The molecule has 2 atom stereocenters. The molecule has 2 fully saturated rings. The van der Waals surface area contributed by atoms with Crippen LogP contribution in [0.5, 0.6) is 0 Å². The van der Waals surface area contributed by atoms with Gasteiger partial charge in [-0.1, -0.05) is 43.2 Å². The van der Waals surface area contributed by atoms with E-state index in [1.165, 1.54) is 24.8 Å². The number of pyridine rings is 1. The highest BCUT2D eigenvalue weighted by Crippen LogP contribution is 2.54. The minimum Gasteiger partial charge on any atom is -0.328 e. The van der Waals surface area contributed by atoms with E-state index in [0.29, 0.717) is 11.5 Å². The first kappa shape index (κ1) is 15.6. The highest BCUT2D eigenvalue weighted by Gasteiger charge is 2.57. The number of carbonyl (C=O) groups excluding carboxylic acids is 1. The van der Waals surface area contributed by atoms with Crippen LogP contribution in [0, 0.1) is 5.92 Å². The highest BCUT2D eigenvalue weighted by molar-refractivity contribution is 5.97. The molecule has 1 saturated heterocycles. The summed E-state index contributed by atoms with van der Waals surface area (Å²) in [6.07, 6.45) is 8.12. The molecule has 0 radical (unpaired) electrons. The lowest BCUT2D eigenvalue weighted by atomic mass is 9.61. The lowest BCUT2D eigenvalue weighted by molar-refractivity contribution is -0.0869. The van der Waals surface area contributed by atoms with Gasteiger partial charge in [-0.3, -0.25) is 4.79 Å². The van der Waals surface area contributed by atoms with Crippen LogP contribution in [0.4, 0.5) is 0 Å². The van der Waals surface area contributed by atoms with Crippen LogP contribution in [0.25, 0.3) is 11.2 Å². The van der Waals surface area contributed by atoms with Gasteiger partial charge in [0.25, 0.3) is 5.91 Å². The monoisotopic (exact) mass is 346 g/mol. The van der Waals surface area contributed by atoms with Gasteiger partial charge in [0.2, 0.25) is 0 Å². The summed E-state index contributed by atoms with van der Waals surface area (Å²) in [7, 11) is 1.91. The van der Waals surface area contributed by atoms with Gasteiger partial charge >= 0.3 is 0 Å². The Morgan fingerprint density at radius 3 is 2.85 bits per heavy atom. The number of hydrogen-bond donors (Lipinski definition) is 0. The van der Waals surface area contributed by atoms with Crippen molar-refractivity contribution < 1.29 is 4.79 Å². The van der Waals surface area contributed by atoms with E-state index in [9.17, 15) is 4.79 Å². The number of aromatic nitrogens is 3. The van der Waals surface area contributed by atoms with Crippen LogP contribution in [0.3, 0.4) is 0 Å². The van der Waals surface area contributed by atoms with Crippen molar-refractivity contribution in [3.05, 3.63) is 60.0 Å². The quantitative estimate of drug-likeness (QED) is 0.713. The van der Waals surface area contributed by atoms with Crippen LogP contribution >= 0.6 is 0 Å². The summed E-state index contributed by atoms with van der Waals surface area (Å²) in [5.41, 5.74) is 3.34. The molecule has 5 heteroatoms. The fraction of sp³-hybridized carbons (Fsp3) is 0.381. The lowest BCUT2D eigenvalue weighted by Gasteiger charge is -2.61. The molecule has 1 aliphatic heterocycles. The maximum absolute atomic E-state index is 13.4. The third-order valence-corrected chi connectivity index (χ3v) is 6.24. The largest absolute Gasteiger partial charge is 0.328 e. The Kier molecular flexibility index (Phi) is 3.39. The molecule has 0 bridgehead atoms. The molecule has 1 saturated carbocycles. The van der Waals surface area contributed by atoms with Gasteiger partial charge in [-0.15, -0.1) is 0 Å². The van der Waals surface area contributed by atoms with Gasteiger partial charge in [0.05, 0.1) is 17.4 Å². The van der Waals surface area contributed by atoms with Crippen molar-refractivity contribution in [1.29, 1.82) is 0 Å². The molecule has 0 unspecified atom stereocenters. The van der Waals surface area contributed by atoms with Crippen LogP contribution in [0.1, 0.15) is 41.6 Å². The number of hydrogen-bond acceptors (Lipinski definition) is 3. The van der Waals surface area contributed by atoms with Crippen LogP contribution in [-0.2, 0) is 12.6 Å². The standard InChI is InChI=1S/C21H22N4O/c1-24-14-23-18-11-15(12-22-19(18)24)20(26)25-13-17-9-5-6-10-21(17,25)16-7-3-2-4-8-16/h2-4,7-8,11-12,14,17H,5-6,9-10,13H2,1H3/t17-,21+/m0/s1. The fourth-order valence-electron chi connectivity index (χ4n) is 4.91. The van der Waals surface area contributed by atoms with Gasteiger partial charge in [0.1, 0.15) is 5.52 Å². The summed E-state index contributed by atoms with van der Waals surface area (Å²) >= 11 is 0. The highest BCUT2D eigenvalue weighted by atomic mass is 16.2.